The van der Waals surface area contributed by atoms with Crippen LogP contribution in [-0.4, -0.2) is 106 Å². The summed E-state index contributed by atoms with van der Waals surface area (Å²) < 4.78 is 5.36. The van der Waals surface area contributed by atoms with Crippen LogP contribution in [-0.2, 0) is 4.74 Å². The molecule has 0 aromatic heterocycles. The van der Waals surface area contributed by atoms with Crippen LogP contribution in [0.5, 0.6) is 0 Å². The second-order valence-corrected chi connectivity index (χ2v) is 7.30. The van der Waals surface area contributed by atoms with Crippen LogP contribution in [0.4, 0.5) is 0 Å². The Balaban J connectivity index is 1.52. The van der Waals surface area contributed by atoms with E-state index in [0.717, 1.165) is 58.9 Å². The largest absolute Gasteiger partial charge is 0.379 e. The molecule has 2 saturated heterocycles. The van der Waals surface area contributed by atoms with Gasteiger partial charge in [-0.15, -0.1) is 0 Å². The molecule has 2 heterocycles. The number of hydrogen-bond donors (Lipinski definition) is 2. The number of nitrogens with two attached hydrogens (primary N) is 1. The number of rotatable bonds is 9. The second-order valence-electron chi connectivity index (χ2n) is 7.30. The van der Waals surface area contributed by atoms with E-state index in [4.69, 9.17) is 10.5 Å². The van der Waals surface area contributed by atoms with Gasteiger partial charge in [-0.3, -0.25) is 9.89 Å². The maximum Gasteiger partial charge on any atom is 0.188 e. The van der Waals surface area contributed by atoms with Crippen molar-refractivity contribution >= 4 is 5.96 Å². The average Bonchev–Trinajstić information content (AvgIpc) is 2.65. The first-order valence-corrected chi connectivity index (χ1v) is 9.96. The molecule has 7 nitrogen and oxygen atoms in total. The molecule has 0 amide bonds. The standard InChI is InChI=1S/C18H38N6O/c1-3-22-7-9-24(10-8-22)16-17(2)15-21-18(19)20-5-4-6-23-11-13-25-14-12-23/h17H,3-16H2,1-2H3,(H3,19,20,21). The smallest absolute Gasteiger partial charge is 0.188 e. The predicted octanol–water partition coefficient (Wildman–Crippen LogP) is -0.113. The molecule has 0 aliphatic carbocycles. The Hall–Kier alpha value is -0.890. The molecule has 2 aliphatic heterocycles. The summed E-state index contributed by atoms with van der Waals surface area (Å²) in [4.78, 5) is 12.0. The number of piperazine rings is 1. The molecule has 0 radical (unpaired) electrons. The molecule has 0 bridgehead atoms. The van der Waals surface area contributed by atoms with E-state index >= 15 is 0 Å². The van der Waals surface area contributed by atoms with Crippen LogP contribution in [0.3, 0.4) is 0 Å². The summed E-state index contributed by atoms with van der Waals surface area (Å²) in [5.74, 6) is 1.13. The van der Waals surface area contributed by atoms with Gasteiger partial charge >= 0.3 is 0 Å². The van der Waals surface area contributed by atoms with Crippen molar-refractivity contribution in [2.24, 2.45) is 16.6 Å². The summed E-state index contributed by atoms with van der Waals surface area (Å²) in [6, 6.07) is 0. The first-order chi connectivity index (χ1) is 12.2. The Bertz CT molecular complexity index is 378. The number of guanidine groups is 1. The lowest BCUT2D eigenvalue weighted by Gasteiger charge is -2.35. The van der Waals surface area contributed by atoms with Crippen LogP contribution < -0.4 is 11.1 Å². The minimum atomic E-state index is 0.543. The molecule has 0 aromatic rings. The van der Waals surface area contributed by atoms with Gasteiger partial charge in [-0.05, 0) is 25.4 Å². The minimum Gasteiger partial charge on any atom is -0.379 e. The molecule has 0 aromatic carbocycles. The van der Waals surface area contributed by atoms with Crippen molar-refractivity contribution in [3.05, 3.63) is 0 Å². The third-order valence-electron chi connectivity index (χ3n) is 5.12. The van der Waals surface area contributed by atoms with E-state index in [2.05, 4.69) is 38.9 Å². The van der Waals surface area contributed by atoms with Crippen LogP contribution in [0.1, 0.15) is 20.3 Å². The highest BCUT2D eigenvalue weighted by atomic mass is 16.5. The summed E-state index contributed by atoms with van der Waals surface area (Å²) in [6.45, 7) is 18.1. The molecule has 0 spiro atoms. The van der Waals surface area contributed by atoms with Gasteiger partial charge in [0.2, 0.25) is 0 Å². The fraction of sp³-hybridized carbons (Fsp3) is 0.944. The SMILES string of the molecule is CCN1CCN(CC(C)CN=C(N)NCCCN2CCOCC2)CC1. The molecule has 2 rings (SSSR count). The number of morpholine rings is 1. The molecule has 1 atom stereocenters. The Morgan fingerprint density at radius 2 is 1.76 bits per heavy atom. The van der Waals surface area contributed by atoms with Crippen molar-refractivity contribution < 1.29 is 4.74 Å². The van der Waals surface area contributed by atoms with E-state index in [0.29, 0.717) is 11.9 Å². The van der Waals surface area contributed by atoms with Gasteiger partial charge in [-0.2, -0.15) is 0 Å². The van der Waals surface area contributed by atoms with Crippen LogP contribution in [0, 0.1) is 5.92 Å². The molecule has 2 aliphatic rings. The molecular weight excluding hydrogens is 316 g/mol. The lowest BCUT2D eigenvalue weighted by Crippen LogP contribution is -2.47. The van der Waals surface area contributed by atoms with Gasteiger partial charge in [-0.25, -0.2) is 0 Å². The Morgan fingerprint density at radius 3 is 2.44 bits per heavy atom. The first-order valence-electron chi connectivity index (χ1n) is 9.96. The maximum absolute atomic E-state index is 6.00. The predicted molar refractivity (Wildman–Crippen MR) is 104 cm³/mol. The van der Waals surface area contributed by atoms with Gasteiger partial charge in [0.05, 0.1) is 13.2 Å². The van der Waals surface area contributed by atoms with Gasteiger partial charge in [0.25, 0.3) is 0 Å². The van der Waals surface area contributed by atoms with Gasteiger partial charge in [0.15, 0.2) is 5.96 Å². The molecule has 7 heteroatoms. The zero-order chi connectivity index (χ0) is 17.9. The van der Waals surface area contributed by atoms with Crippen LogP contribution in [0.15, 0.2) is 4.99 Å². The van der Waals surface area contributed by atoms with Crippen LogP contribution >= 0.6 is 0 Å². The highest BCUT2D eigenvalue weighted by Gasteiger charge is 2.17. The Kier molecular flexibility index (Phi) is 9.54. The fourth-order valence-electron chi connectivity index (χ4n) is 3.44. The summed E-state index contributed by atoms with van der Waals surface area (Å²) in [7, 11) is 0. The average molecular weight is 355 g/mol. The lowest BCUT2D eigenvalue weighted by molar-refractivity contribution is 0.0376. The van der Waals surface area contributed by atoms with E-state index in [9.17, 15) is 0 Å². The third-order valence-corrected chi connectivity index (χ3v) is 5.12. The van der Waals surface area contributed by atoms with E-state index in [1.807, 2.05) is 0 Å². The maximum atomic E-state index is 6.00. The highest BCUT2D eigenvalue weighted by Crippen LogP contribution is 2.06. The summed E-state index contributed by atoms with van der Waals surface area (Å²) in [5.41, 5.74) is 6.00. The number of nitrogens with one attached hydrogen (secondary N) is 1. The number of ether oxygens (including phenoxy) is 1. The summed E-state index contributed by atoms with van der Waals surface area (Å²) >= 11 is 0. The van der Waals surface area contributed by atoms with Crippen LogP contribution in [0.25, 0.3) is 0 Å². The van der Waals surface area contributed by atoms with Crippen molar-refractivity contribution in [1.82, 2.24) is 20.0 Å². The molecule has 0 saturated carbocycles. The van der Waals surface area contributed by atoms with E-state index < -0.39 is 0 Å². The van der Waals surface area contributed by atoms with Gasteiger partial charge in [-0.1, -0.05) is 13.8 Å². The van der Waals surface area contributed by atoms with Gasteiger partial charge in [0.1, 0.15) is 0 Å². The quantitative estimate of drug-likeness (QED) is 0.342. The topological polar surface area (TPSA) is 69.4 Å². The van der Waals surface area contributed by atoms with Crippen molar-refractivity contribution in [3.63, 3.8) is 0 Å². The van der Waals surface area contributed by atoms with Crippen molar-refractivity contribution in [3.8, 4) is 0 Å². The molecule has 25 heavy (non-hydrogen) atoms. The van der Waals surface area contributed by atoms with E-state index in [1.54, 1.807) is 0 Å². The van der Waals surface area contributed by atoms with Gasteiger partial charge in [0, 0.05) is 58.9 Å². The lowest BCUT2D eigenvalue weighted by atomic mass is 10.1. The zero-order valence-electron chi connectivity index (χ0n) is 16.3. The Labute approximate surface area is 153 Å². The zero-order valence-corrected chi connectivity index (χ0v) is 16.3. The summed E-state index contributed by atoms with van der Waals surface area (Å²) in [6.07, 6.45) is 1.09. The van der Waals surface area contributed by atoms with Crippen molar-refractivity contribution in [2.45, 2.75) is 20.3 Å². The molecule has 3 N–H and O–H groups in total. The van der Waals surface area contributed by atoms with E-state index in [-0.39, 0.29) is 0 Å². The minimum absolute atomic E-state index is 0.543. The molecule has 1 unspecified atom stereocenters. The molecule has 2 fully saturated rings. The number of nitrogens with zero attached hydrogens (tertiary/aromatic N) is 4. The molecular formula is C18H38N6O. The number of aliphatic imine (C=N–C) groups is 1. The Morgan fingerprint density at radius 1 is 1.08 bits per heavy atom. The van der Waals surface area contributed by atoms with Crippen molar-refractivity contribution in [2.75, 3.05) is 85.2 Å². The third kappa shape index (κ3) is 8.35. The van der Waals surface area contributed by atoms with E-state index in [1.165, 1.54) is 32.7 Å². The number of likely N-dealkylation sites (N-methyl/N-ethyl adjacent to an activating group) is 1. The van der Waals surface area contributed by atoms with Crippen LogP contribution in [0.2, 0.25) is 0 Å². The highest BCUT2D eigenvalue weighted by molar-refractivity contribution is 5.77. The number of hydrogen-bond acceptors (Lipinski definition) is 5. The normalized spacial score (nSPS) is 22.9. The second kappa shape index (κ2) is 11.7. The van der Waals surface area contributed by atoms with Crippen molar-refractivity contribution in [1.29, 1.82) is 0 Å². The monoisotopic (exact) mass is 354 g/mol. The first kappa shape index (κ1) is 20.4. The molecule has 146 valence electrons. The fourth-order valence-corrected chi connectivity index (χ4v) is 3.44. The van der Waals surface area contributed by atoms with Gasteiger partial charge < -0.3 is 25.6 Å². The summed E-state index contributed by atoms with van der Waals surface area (Å²) in [5, 5.41) is 3.24.